The Balaban J connectivity index is 1.86. The first-order valence-electron chi connectivity index (χ1n) is 7.22. The molecule has 22 heavy (non-hydrogen) atoms. The standard InChI is InChI=1S/C15H16N4O3/c16-8-9-1-6-13-12(7-9)18-14(20)19(13)11-4-2-10(3-5-11)17-15(21)22/h1,6-7,10-11,17H,2-5H2,(H,18,20)(H,21,22). The number of aromatic nitrogens is 2. The number of carbonyl (C=O) groups is 1. The number of benzene rings is 1. The average Bonchev–Trinajstić information content (AvgIpc) is 2.82. The Morgan fingerprint density at radius 3 is 2.73 bits per heavy atom. The van der Waals surface area contributed by atoms with Crippen molar-refractivity contribution < 1.29 is 9.90 Å². The molecule has 1 aliphatic carbocycles. The highest BCUT2D eigenvalue weighted by atomic mass is 16.4. The van der Waals surface area contributed by atoms with Crippen molar-refractivity contribution >= 4 is 17.1 Å². The van der Waals surface area contributed by atoms with Crippen molar-refractivity contribution in [3.63, 3.8) is 0 Å². The zero-order chi connectivity index (χ0) is 15.7. The molecule has 1 heterocycles. The molecule has 3 rings (SSSR count). The van der Waals surface area contributed by atoms with E-state index in [1.165, 1.54) is 0 Å². The third kappa shape index (κ3) is 2.55. The minimum Gasteiger partial charge on any atom is -0.465 e. The van der Waals surface area contributed by atoms with Gasteiger partial charge in [-0.05, 0) is 43.9 Å². The number of aromatic amines is 1. The first kappa shape index (κ1) is 14.2. The number of rotatable bonds is 2. The zero-order valence-corrected chi connectivity index (χ0v) is 11.9. The van der Waals surface area contributed by atoms with E-state index in [2.05, 4.69) is 16.4 Å². The van der Waals surface area contributed by atoms with Crippen LogP contribution in [0.1, 0.15) is 37.3 Å². The number of carboxylic acid groups (broad SMARTS) is 1. The molecule has 0 bridgehead atoms. The minimum atomic E-state index is -1.00. The van der Waals surface area contributed by atoms with Crippen molar-refractivity contribution in [3.05, 3.63) is 34.2 Å². The van der Waals surface area contributed by atoms with Crippen LogP contribution in [0.3, 0.4) is 0 Å². The van der Waals surface area contributed by atoms with Crippen molar-refractivity contribution in [3.8, 4) is 6.07 Å². The number of hydrogen-bond acceptors (Lipinski definition) is 3. The third-order valence-electron chi connectivity index (χ3n) is 4.24. The van der Waals surface area contributed by atoms with E-state index in [9.17, 15) is 9.59 Å². The van der Waals surface area contributed by atoms with Gasteiger partial charge < -0.3 is 15.4 Å². The Morgan fingerprint density at radius 2 is 2.09 bits per heavy atom. The van der Waals surface area contributed by atoms with Crippen molar-refractivity contribution in [1.82, 2.24) is 14.9 Å². The minimum absolute atomic E-state index is 0.0418. The predicted octanol–water partition coefficient (Wildman–Crippen LogP) is 1.95. The van der Waals surface area contributed by atoms with Gasteiger partial charge in [-0.15, -0.1) is 0 Å². The van der Waals surface area contributed by atoms with E-state index in [1.807, 2.05) is 0 Å². The van der Waals surface area contributed by atoms with Crippen molar-refractivity contribution in [2.75, 3.05) is 0 Å². The SMILES string of the molecule is N#Cc1ccc2c(c1)[nH]c(=O)n2C1CCC(NC(=O)O)CC1. The van der Waals surface area contributed by atoms with Gasteiger partial charge in [0.05, 0.1) is 22.7 Å². The van der Waals surface area contributed by atoms with E-state index in [-0.39, 0.29) is 17.8 Å². The molecular formula is C15H16N4O3. The predicted molar refractivity (Wildman–Crippen MR) is 79.7 cm³/mol. The lowest BCUT2D eigenvalue weighted by molar-refractivity contribution is 0.182. The van der Waals surface area contributed by atoms with Crippen LogP contribution in [-0.4, -0.2) is 26.8 Å². The molecule has 0 unspecified atom stereocenters. The van der Waals surface area contributed by atoms with Crippen LogP contribution in [0.2, 0.25) is 0 Å². The van der Waals surface area contributed by atoms with E-state index in [4.69, 9.17) is 10.4 Å². The maximum atomic E-state index is 12.2. The number of H-pyrrole nitrogens is 1. The first-order valence-corrected chi connectivity index (χ1v) is 7.22. The molecule has 0 aliphatic heterocycles. The Labute approximate surface area is 126 Å². The Morgan fingerprint density at radius 1 is 1.36 bits per heavy atom. The summed E-state index contributed by atoms with van der Waals surface area (Å²) in [6.07, 6.45) is 1.92. The average molecular weight is 300 g/mol. The maximum Gasteiger partial charge on any atom is 0.404 e. The summed E-state index contributed by atoms with van der Waals surface area (Å²) in [5.41, 5.74) is 1.78. The summed E-state index contributed by atoms with van der Waals surface area (Å²) in [4.78, 5) is 25.7. The molecule has 2 aromatic rings. The molecule has 1 fully saturated rings. The smallest absolute Gasteiger partial charge is 0.404 e. The lowest BCUT2D eigenvalue weighted by Crippen LogP contribution is -2.38. The van der Waals surface area contributed by atoms with Crippen LogP contribution in [0.5, 0.6) is 0 Å². The van der Waals surface area contributed by atoms with Crippen molar-refractivity contribution in [2.45, 2.75) is 37.8 Å². The molecule has 0 radical (unpaired) electrons. The summed E-state index contributed by atoms with van der Waals surface area (Å²) < 4.78 is 1.73. The molecule has 1 aliphatic rings. The van der Waals surface area contributed by atoms with Crippen LogP contribution in [0.15, 0.2) is 23.0 Å². The normalized spacial score (nSPS) is 21.4. The second-order valence-electron chi connectivity index (χ2n) is 5.60. The maximum absolute atomic E-state index is 12.2. The summed E-state index contributed by atoms with van der Waals surface area (Å²) in [5.74, 6) is 0. The fourth-order valence-electron chi connectivity index (χ4n) is 3.22. The van der Waals surface area contributed by atoms with Crippen molar-refractivity contribution in [2.24, 2.45) is 0 Å². The Hall–Kier alpha value is -2.75. The number of nitrogens with zero attached hydrogens (tertiary/aromatic N) is 2. The van der Waals surface area contributed by atoms with E-state index in [0.29, 0.717) is 23.9 Å². The van der Waals surface area contributed by atoms with Crippen LogP contribution in [0.4, 0.5) is 4.79 Å². The Bertz CT molecular complexity index is 806. The van der Waals surface area contributed by atoms with Gasteiger partial charge in [-0.2, -0.15) is 5.26 Å². The third-order valence-corrected chi connectivity index (χ3v) is 4.24. The van der Waals surface area contributed by atoms with E-state index >= 15 is 0 Å². The van der Waals surface area contributed by atoms with Crippen LogP contribution < -0.4 is 11.0 Å². The summed E-state index contributed by atoms with van der Waals surface area (Å²) in [7, 11) is 0. The summed E-state index contributed by atoms with van der Waals surface area (Å²) in [6, 6.07) is 7.23. The second-order valence-corrected chi connectivity index (χ2v) is 5.60. The molecule has 3 N–H and O–H groups in total. The largest absolute Gasteiger partial charge is 0.465 e. The number of nitriles is 1. The number of amides is 1. The molecule has 1 aromatic heterocycles. The van der Waals surface area contributed by atoms with Gasteiger partial charge in [0.25, 0.3) is 0 Å². The lowest BCUT2D eigenvalue weighted by Gasteiger charge is -2.29. The monoisotopic (exact) mass is 300 g/mol. The summed E-state index contributed by atoms with van der Waals surface area (Å²) in [6.45, 7) is 0. The molecule has 1 saturated carbocycles. The zero-order valence-electron chi connectivity index (χ0n) is 11.9. The van der Waals surface area contributed by atoms with E-state index in [1.54, 1.807) is 22.8 Å². The fraction of sp³-hybridized carbons (Fsp3) is 0.400. The molecule has 7 nitrogen and oxygen atoms in total. The van der Waals surface area contributed by atoms with Gasteiger partial charge in [-0.25, -0.2) is 9.59 Å². The highest BCUT2D eigenvalue weighted by Crippen LogP contribution is 2.30. The van der Waals surface area contributed by atoms with E-state index < -0.39 is 6.09 Å². The second kappa shape index (κ2) is 5.56. The van der Waals surface area contributed by atoms with Gasteiger partial charge in [-0.3, -0.25) is 4.57 Å². The van der Waals surface area contributed by atoms with Gasteiger partial charge in [0.1, 0.15) is 0 Å². The molecule has 1 aromatic carbocycles. The summed E-state index contributed by atoms with van der Waals surface area (Å²) >= 11 is 0. The topological polar surface area (TPSA) is 111 Å². The highest BCUT2D eigenvalue weighted by molar-refractivity contribution is 5.77. The quantitative estimate of drug-likeness (QED) is 0.787. The fourth-order valence-corrected chi connectivity index (χ4v) is 3.22. The summed E-state index contributed by atoms with van der Waals surface area (Å²) in [5, 5.41) is 20.2. The number of nitrogens with one attached hydrogen (secondary N) is 2. The molecule has 114 valence electrons. The van der Waals surface area contributed by atoms with Crippen LogP contribution in [-0.2, 0) is 0 Å². The van der Waals surface area contributed by atoms with Crippen LogP contribution in [0, 0.1) is 11.3 Å². The molecular weight excluding hydrogens is 284 g/mol. The van der Waals surface area contributed by atoms with E-state index in [0.717, 1.165) is 18.4 Å². The molecule has 0 spiro atoms. The molecule has 1 amide bonds. The van der Waals surface area contributed by atoms with Gasteiger partial charge in [0.2, 0.25) is 0 Å². The first-order chi connectivity index (χ1) is 10.6. The van der Waals surface area contributed by atoms with Gasteiger partial charge in [0.15, 0.2) is 0 Å². The molecule has 0 atom stereocenters. The number of imidazole rings is 1. The lowest BCUT2D eigenvalue weighted by atomic mass is 9.91. The van der Waals surface area contributed by atoms with Crippen LogP contribution >= 0.6 is 0 Å². The number of fused-ring (bicyclic) bond motifs is 1. The van der Waals surface area contributed by atoms with Gasteiger partial charge >= 0.3 is 11.8 Å². The van der Waals surface area contributed by atoms with Gasteiger partial charge in [-0.1, -0.05) is 0 Å². The molecule has 0 saturated heterocycles. The highest BCUT2D eigenvalue weighted by Gasteiger charge is 2.25. The Kier molecular flexibility index (Phi) is 3.59. The van der Waals surface area contributed by atoms with Crippen molar-refractivity contribution in [1.29, 1.82) is 5.26 Å². The molecule has 7 heteroatoms. The van der Waals surface area contributed by atoms with Gasteiger partial charge in [0, 0.05) is 12.1 Å². The number of hydrogen-bond donors (Lipinski definition) is 3. The van der Waals surface area contributed by atoms with Crippen LogP contribution in [0.25, 0.3) is 11.0 Å².